The van der Waals surface area contributed by atoms with E-state index in [1.165, 1.54) is 11.1 Å². The highest BCUT2D eigenvalue weighted by molar-refractivity contribution is 6.13. The third-order valence-corrected chi connectivity index (χ3v) is 15.7. The number of aromatic nitrogens is 4. The van der Waals surface area contributed by atoms with Crippen LogP contribution in [0.5, 0.6) is 0 Å². The Balaban J connectivity index is 0.000000118. The minimum atomic E-state index is -2.34. The van der Waals surface area contributed by atoms with Crippen LogP contribution in [-0.2, 0) is 0 Å². The molecule has 12 aromatic rings. The highest BCUT2D eigenvalue weighted by Gasteiger charge is 2.41. The summed E-state index contributed by atoms with van der Waals surface area (Å²) in [5, 5.41) is 6.47. The first-order valence-corrected chi connectivity index (χ1v) is 26.8. The highest BCUT2D eigenvalue weighted by Crippen LogP contribution is 2.51. The van der Waals surface area contributed by atoms with Crippen LogP contribution >= 0.6 is 0 Å². The lowest BCUT2D eigenvalue weighted by Crippen LogP contribution is -2.42. The molecular formula is C66H64N10O3. The molecule has 3 aliphatic heterocycles. The first-order valence-electron chi connectivity index (χ1n) is 29.3. The molecule has 396 valence electrons. The molecule has 13 nitrogen and oxygen atoms in total. The van der Waals surface area contributed by atoms with Gasteiger partial charge in [-0.2, -0.15) is 0 Å². The number of fused-ring (bicyclic) bond motifs is 12. The first kappa shape index (κ1) is 43.9. The van der Waals surface area contributed by atoms with Crippen LogP contribution in [0.3, 0.4) is 0 Å². The summed E-state index contributed by atoms with van der Waals surface area (Å²) in [5.74, 6) is 2.54. The summed E-state index contributed by atoms with van der Waals surface area (Å²) < 4.78 is 60.2. The molecule has 9 heterocycles. The van der Waals surface area contributed by atoms with Crippen LogP contribution in [0.4, 0.5) is 51.7 Å². The van der Waals surface area contributed by atoms with E-state index < -0.39 is 25.2 Å². The normalized spacial score (nSPS) is 18.1. The fraction of sp³-hybridized carbons (Fsp3) is 0.242. The lowest BCUT2D eigenvalue weighted by atomic mass is 10.1. The molecule has 0 saturated carbocycles. The van der Waals surface area contributed by atoms with E-state index >= 15 is 0 Å². The Hall–Kier alpha value is -9.10. The predicted octanol–water partition coefficient (Wildman–Crippen LogP) is 16.6. The monoisotopic (exact) mass is 1050 g/mol. The van der Waals surface area contributed by atoms with Crippen molar-refractivity contribution in [1.82, 2.24) is 19.9 Å². The van der Waals surface area contributed by atoms with Crippen molar-refractivity contribution in [3.8, 4) is 0 Å². The summed E-state index contributed by atoms with van der Waals surface area (Å²) in [6.07, 6.45) is 6.07. The van der Waals surface area contributed by atoms with Gasteiger partial charge in [0.25, 0.3) is 0 Å². The van der Waals surface area contributed by atoms with Crippen molar-refractivity contribution < 1.29 is 20.1 Å². The quantitative estimate of drug-likeness (QED) is 0.163. The van der Waals surface area contributed by atoms with Crippen molar-refractivity contribution >= 4 is 118 Å². The Morgan fingerprint density at radius 2 is 0.772 bits per heavy atom. The van der Waals surface area contributed by atoms with Gasteiger partial charge in [0.15, 0.2) is 40.0 Å². The molecular weight excluding hydrogens is 981 g/mol. The molecule has 3 unspecified atom stereocenters. The largest absolute Gasteiger partial charge is 0.454 e. The summed E-state index contributed by atoms with van der Waals surface area (Å²) in [4.78, 5) is 29.9. The van der Waals surface area contributed by atoms with Gasteiger partial charge < -0.3 is 37.8 Å². The van der Waals surface area contributed by atoms with Crippen molar-refractivity contribution in [3.05, 3.63) is 175 Å². The molecule has 6 aromatic heterocycles. The Morgan fingerprint density at radius 3 is 1.16 bits per heavy atom. The van der Waals surface area contributed by atoms with Crippen LogP contribution in [-0.4, -0.2) is 57.4 Å². The van der Waals surface area contributed by atoms with E-state index in [1.54, 1.807) is 18.6 Å². The number of rotatable bonds is 5. The summed E-state index contributed by atoms with van der Waals surface area (Å²) in [6.45, 7) is 17.6. The number of hydrogen-bond donors (Lipinski definition) is 0. The molecule has 0 aliphatic carbocycles. The van der Waals surface area contributed by atoms with Crippen LogP contribution in [0.15, 0.2) is 171 Å². The Bertz CT molecular complexity index is 4090. The fourth-order valence-corrected chi connectivity index (χ4v) is 12.2. The minimum absolute atomic E-state index is 0.0603. The van der Waals surface area contributed by atoms with Gasteiger partial charge in [0.1, 0.15) is 35.2 Å². The van der Waals surface area contributed by atoms with Crippen molar-refractivity contribution in [2.75, 3.05) is 36.4 Å². The van der Waals surface area contributed by atoms with Crippen LogP contribution < -0.4 is 29.4 Å². The van der Waals surface area contributed by atoms with Crippen molar-refractivity contribution in [1.29, 1.82) is 0 Å². The van der Waals surface area contributed by atoms with E-state index in [9.17, 15) is 0 Å². The number of pyridine rings is 2. The van der Waals surface area contributed by atoms with Gasteiger partial charge >= 0.3 is 0 Å². The second-order valence-electron chi connectivity index (χ2n) is 21.0. The van der Waals surface area contributed by atoms with Gasteiger partial charge in [0.05, 0.1) is 31.2 Å². The van der Waals surface area contributed by atoms with Crippen molar-refractivity contribution in [3.63, 3.8) is 0 Å². The first-order chi connectivity index (χ1) is 40.1. The smallest absolute Gasteiger partial charge is 0.178 e. The molecule has 0 radical (unpaired) electrons. The maximum atomic E-state index is 8.68. The van der Waals surface area contributed by atoms with Gasteiger partial charge in [-0.15, -0.1) is 0 Å². The molecule has 0 saturated heterocycles. The summed E-state index contributed by atoms with van der Waals surface area (Å²) in [5.41, 5.74) is 13.2. The Morgan fingerprint density at radius 1 is 0.405 bits per heavy atom. The van der Waals surface area contributed by atoms with Gasteiger partial charge in [0.2, 0.25) is 0 Å². The minimum Gasteiger partial charge on any atom is -0.454 e. The molecule has 13 heteroatoms. The lowest BCUT2D eigenvalue weighted by Gasteiger charge is -2.33. The third kappa shape index (κ3) is 7.72. The maximum Gasteiger partial charge on any atom is 0.178 e. The van der Waals surface area contributed by atoms with Crippen LogP contribution in [0, 0.1) is 20.8 Å². The van der Waals surface area contributed by atoms with E-state index in [-0.39, 0.29) is 12.3 Å². The van der Waals surface area contributed by atoms with E-state index in [0.717, 1.165) is 123 Å². The summed E-state index contributed by atoms with van der Waals surface area (Å²) in [6, 6.07) is 43.3. The molecule has 0 bridgehead atoms. The van der Waals surface area contributed by atoms with E-state index in [1.807, 2.05) is 131 Å². The number of benzene rings is 6. The Kier molecular flexibility index (Phi) is 10.6. The number of nitrogens with zero attached hydrogens (tertiary/aromatic N) is 10. The van der Waals surface area contributed by atoms with Crippen LogP contribution in [0.25, 0.3) is 65.8 Å². The van der Waals surface area contributed by atoms with Gasteiger partial charge in [-0.05, 0) is 128 Å². The molecule has 0 spiro atoms. The van der Waals surface area contributed by atoms with Crippen molar-refractivity contribution in [2.24, 2.45) is 0 Å². The number of hydrogen-bond acceptors (Lipinski definition) is 13. The zero-order valence-electron chi connectivity index (χ0n) is 50.9. The molecule has 79 heavy (non-hydrogen) atoms. The zero-order chi connectivity index (χ0) is 58.9. The van der Waals surface area contributed by atoms with Gasteiger partial charge in [-0.25, -0.2) is 19.9 Å². The average Bonchev–Trinajstić information content (AvgIpc) is 1.91. The second kappa shape index (κ2) is 19.1. The highest BCUT2D eigenvalue weighted by atomic mass is 16.3. The molecule has 3 atom stereocenters. The molecule has 0 fully saturated rings. The van der Waals surface area contributed by atoms with E-state index in [0.29, 0.717) is 11.6 Å². The fourth-order valence-electron chi connectivity index (χ4n) is 12.2. The van der Waals surface area contributed by atoms with Gasteiger partial charge in [0, 0.05) is 80.2 Å². The second-order valence-corrected chi connectivity index (χ2v) is 21.0. The third-order valence-electron chi connectivity index (χ3n) is 15.7. The Labute approximate surface area is 466 Å². The van der Waals surface area contributed by atoms with Crippen LogP contribution in [0.2, 0.25) is 0 Å². The van der Waals surface area contributed by atoms with Crippen molar-refractivity contribution in [2.45, 2.75) is 99.8 Å². The SMILES string of the molecule is [2H]C(C)(C)N1c2ncccc2N(c2c(C)ccc3c2oc2ccccc23)C1C.[2H]C(C)(C)N1c2ncccc2N(c2c(C)ccc3c2oc2ccccc23)C1C.[2H]C([2H])([2H])N1c2nccnc2N(c2c(C)ccc3c2oc2ccccc23)C1C. The molecule has 0 N–H and O–H groups in total. The molecule has 6 aromatic carbocycles. The lowest BCUT2D eigenvalue weighted by molar-refractivity contribution is 0.598. The molecule has 15 rings (SSSR count). The number of anilines is 9. The topological polar surface area (TPSA) is 110 Å². The molecule has 0 amide bonds. The predicted molar refractivity (Wildman–Crippen MR) is 324 cm³/mol. The molecule has 3 aliphatic rings. The average molecular weight is 1050 g/mol. The van der Waals surface area contributed by atoms with E-state index in [4.69, 9.17) is 20.1 Å². The van der Waals surface area contributed by atoms with Gasteiger partial charge in [-0.1, -0.05) is 91.0 Å². The number of aryl methyl sites for hydroxylation is 3. The van der Waals surface area contributed by atoms with Crippen LogP contribution in [0.1, 0.15) is 72.0 Å². The number of furan rings is 3. The summed E-state index contributed by atoms with van der Waals surface area (Å²) >= 11 is 0. The summed E-state index contributed by atoms with van der Waals surface area (Å²) in [7, 11) is 0. The zero-order valence-corrected chi connectivity index (χ0v) is 45.9. The maximum absolute atomic E-state index is 8.68. The van der Waals surface area contributed by atoms with Gasteiger partial charge in [-0.3, -0.25) is 4.90 Å². The van der Waals surface area contributed by atoms with E-state index in [2.05, 4.69) is 116 Å². The number of para-hydroxylation sites is 3. The standard InChI is InChI=1S/2C23H23N3O.C20H18N4O/c2*1-14(2)25-16(4)26(19-9-7-13-24-23(19)25)21-15(3)11-12-18-17-8-5-6-10-20(17)27-22(18)21;1-12-8-9-15-14-6-4-5-7-16(14)25-18(15)17(12)24-13(2)23(3)19-20(24)22-11-10-21-19/h2*5-14,16H,1-4H3;4-11,13H,1-3H3/i2*14D;3D3.